The van der Waals surface area contributed by atoms with Crippen LogP contribution in [0.4, 0.5) is 15.8 Å². The van der Waals surface area contributed by atoms with E-state index in [1.54, 1.807) is 35.7 Å². The molecule has 0 amide bonds. The Morgan fingerprint density at radius 3 is 2.51 bits per heavy atom. The number of nitrogens with one attached hydrogen (secondary N) is 1. The summed E-state index contributed by atoms with van der Waals surface area (Å²) in [5.41, 5.74) is 4.81. The molecule has 10 nitrogen and oxygen atoms in total. The minimum atomic E-state index is -3.83. The van der Waals surface area contributed by atoms with Gasteiger partial charge in [-0.15, -0.1) is 0 Å². The summed E-state index contributed by atoms with van der Waals surface area (Å²) in [4.78, 5) is 24.2. The van der Waals surface area contributed by atoms with Crippen molar-refractivity contribution >= 4 is 38.9 Å². The fraction of sp³-hybridized carbons (Fsp3) is 0.185. The summed E-state index contributed by atoms with van der Waals surface area (Å²) in [6.45, 7) is 2.53. The predicted octanol–water partition coefficient (Wildman–Crippen LogP) is 4.76. The zero-order valence-electron chi connectivity index (χ0n) is 20.9. The number of pyridine rings is 1. The van der Waals surface area contributed by atoms with Gasteiger partial charge in [-0.25, -0.2) is 12.8 Å². The quantitative estimate of drug-likeness (QED) is 0.146. The molecule has 0 unspecified atom stereocenters. The number of hydrogen-bond donors (Lipinski definition) is 1. The van der Waals surface area contributed by atoms with Crippen LogP contribution in [0.5, 0.6) is 0 Å². The predicted molar refractivity (Wildman–Crippen MR) is 144 cm³/mol. The summed E-state index contributed by atoms with van der Waals surface area (Å²) >= 11 is 0. The van der Waals surface area contributed by atoms with Crippen molar-refractivity contribution in [3.63, 3.8) is 0 Å². The van der Waals surface area contributed by atoms with Gasteiger partial charge in [-0.2, -0.15) is 9.41 Å². The summed E-state index contributed by atoms with van der Waals surface area (Å²) in [5, 5.41) is 15.9. The highest BCUT2D eigenvalue weighted by atomic mass is 32.2. The molecule has 200 valence electrons. The second-order valence-electron chi connectivity index (χ2n) is 9.10. The number of fused-ring (bicyclic) bond motifs is 1. The smallest absolute Gasteiger partial charge is 0.295 e. The first kappa shape index (κ1) is 26.2. The monoisotopic (exact) mass is 549 g/mol. The van der Waals surface area contributed by atoms with Crippen LogP contribution in [-0.2, 0) is 10.0 Å². The van der Waals surface area contributed by atoms with Gasteiger partial charge in [0, 0.05) is 36.5 Å². The Kier molecular flexibility index (Phi) is 6.98. The number of carbonyl (C=O) groups excluding carboxylic acids is 1. The molecule has 1 aliphatic heterocycles. The lowest BCUT2D eigenvalue weighted by Crippen LogP contribution is -2.27. The van der Waals surface area contributed by atoms with E-state index in [-0.39, 0.29) is 16.4 Å². The normalized spacial score (nSPS) is 14.3. The first-order chi connectivity index (χ1) is 18.7. The van der Waals surface area contributed by atoms with E-state index in [4.69, 9.17) is 0 Å². The van der Waals surface area contributed by atoms with E-state index in [9.17, 15) is 27.7 Å². The Balaban J connectivity index is 1.47. The van der Waals surface area contributed by atoms with Crippen LogP contribution >= 0.6 is 0 Å². The fourth-order valence-electron chi connectivity index (χ4n) is 4.70. The molecule has 0 spiro atoms. The Morgan fingerprint density at radius 2 is 1.82 bits per heavy atom. The van der Waals surface area contributed by atoms with E-state index in [0.717, 1.165) is 18.9 Å². The summed E-state index contributed by atoms with van der Waals surface area (Å²) in [6, 6.07) is 14.3. The van der Waals surface area contributed by atoms with Gasteiger partial charge in [-0.3, -0.25) is 20.3 Å². The first-order valence-corrected chi connectivity index (χ1v) is 13.6. The van der Waals surface area contributed by atoms with Crippen LogP contribution < -0.4 is 5.43 Å². The third-order valence-electron chi connectivity index (χ3n) is 6.70. The van der Waals surface area contributed by atoms with Crippen molar-refractivity contribution in [3.05, 3.63) is 105 Å². The molecule has 0 aliphatic carbocycles. The molecule has 1 fully saturated rings. The maximum Gasteiger partial charge on any atom is 0.295 e. The lowest BCUT2D eigenvalue weighted by molar-refractivity contribution is -0.384. The van der Waals surface area contributed by atoms with Crippen LogP contribution in [0, 0.1) is 22.9 Å². The fourth-order valence-corrected chi connectivity index (χ4v) is 6.24. The second kappa shape index (κ2) is 10.4. The van der Waals surface area contributed by atoms with Crippen LogP contribution in [-0.4, -0.2) is 47.1 Å². The average Bonchev–Trinajstić information content (AvgIpc) is 3.56. The standard InChI is InChI=1S/C27H24FN5O5S/c1-18-22(24-6-2-3-15-32(24)26(18)27(34)19-7-9-20(28)10-8-19)17-29-30-23-12-11-21(16-25(23)33(35)36)39(37,38)31-13-4-5-14-31/h2-3,6-12,15-17,30H,4-5,13-14H2,1H3/b29-17+. The first-order valence-electron chi connectivity index (χ1n) is 12.2. The van der Waals surface area contributed by atoms with Crippen molar-refractivity contribution in [1.82, 2.24) is 8.71 Å². The molecule has 12 heteroatoms. The number of anilines is 1. The van der Waals surface area contributed by atoms with Gasteiger partial charge in [0.2, 0.25) is 15.8 Å². The number of sulfonamides is 1. The van der Waals surface area contributed by atoms with E-state index >= 15 is 0 Å². The Morgan fingerprint density at radius 1 is 1.10 bits per heavy atom. The number of nitro benzene ring substituents is 1. The Bertz CT molecular complexity index is 1730. The highest BCUT2D eigenvalue weighted by Gasteiger charge is 2.29. The van der Waals surface area contributed by atoms with E-state index in [1.165, 1.54) is 46.9 Å². The van der Waals surface area contributed by atoms with E-state index in [0.29, 0.717) is 41.0 Å². The number of nitrogens with zero attached hydrogens (tertiary/aromatic N) is 4. The lowest BCUT2D eigenvalue weighted by atomic mass is 10.0. The van der Waals surface area contributed by atoms with Gasteiger partial charge >= 0.3 is 0 Å². The number of ketones is 1. The Hall–Kier alpha value is -4.42. The molecule has 2 aromatic carbocycles. The van der Waals surface area contributed by atoms with Crippen molar-refractivity contribution in [2.75, 3.05) is 18.5 Å². The number of aromatic nitrogens is 1. The third-order valence-corrected chi connectivity index (χ3v) is 8.60. The van der Waals surface area contributed by atoms with Crippen LogP contribution in [0.3, 0.4) is 0 Å². The molecule has 1 N–H and O–H groups in total. The SMILES string of the molecule is Cc1c(/C=N/Nc2ccc(S(=O)(=O)N3CCCC3)cc2[N+](=O)[O-])c2ccccn2c1C(=O)c1ccc(F)cc1. The maximum atomic E-state index is 13.4. The minimum Gasteiger partial charge on any atom is -0.313 e. The summed E-state index contributed by atoms with van der Waals surface area (Å²) in [5.74, 6) is -0.746. The molecule has 0 saturated carbocycles. The van der Waals surface area contributed by atoms with Crippen LogP contribution in [0.25, 0.3) is 5.52 Å². The van der Waals surface area contributed by atoms with E-state index in [2.05, 4.69) is 10.5 Å². The number of nitro groups is 1. The maximum absolute atomic E-state index is 13.4. The molecular formula is C27H24FN5O5S. The summed E-state index contributed by atoms with van der Waals surface area (Å²) < 4.78 is 42.1. The molecule has 39 heavy (non-hydrogen) atoms. The zero-order chi connectivity index (χ0) is 27.7. The van der Waals surface area contributed by atoms with Crippen LogP contribution in [0.1, 0.15) is 40.0 Å². The molecule has 3 heterocycles. The molecule has 2 aromatic heterocycles. The largest absolute Gasteiger partial charge is 0.313 e. The zero-order valence-corrected chi connectivity index (χ0v) is 21.7. The van der Waals surface area contributed by atoms with Crippen molar-refractivity contribution in [3.8, 4) is 0 Å². The van der Waals surface area contributed by atoms with Crippen molar-refractivity contribution in [1.29, 1.82) is 0 Å². The van der Waals surface area contributed by atoms with Gasteiger partial charge in [0.1, 0.15) is 11.5 Å². The van der Waals surface area contributed by atoms with E-state index in [1.807, 2.05) is 0 Å². The number of hydrogen-bond acceptors (Lipinski definition) is 7. The number of hydrazone groups is 1. The van der Waals surface area contributed by atoms with E-state index < -0.39 is 26.5 Å². The number of benzene rings is 2. The molecule has 0 atom stereocenters. The summed E-state index contributed by atoms with van der Waals surface area (Å²) in [6.07, 6.45) is 4.68. The van der Waals surface area contributed by atoms with Gasteiger partial charge < -0.3 is 4.40 Å². The molecule has 1 saturated heterocycles. The summed E-state index contributed by atoms with van der Waals surface area (Å²) in [7, 11) is -3.83. The second-order valence-corrected chi connectivity index (χ2v) is 11.0. The van der Waals surface area contributed by atoms with Gasteiger partial charge in [0.05, 0.1) is 27.2 Å². The molecule has 1 aliphatic rings. The molecule has 0 bridgehead atoms. The lowest BCUT2D eigenvalue weighted by Gasteiger charge is -2.15. The molecule has 0 radical (unpaired) electrons. The minimum absolute atomic E-state index is 0.0143. The third kappa shape index (κ3) is 4.91. The highest BCUT2D eigenvalue weighted by Crippen LogP contribution is 2.30. The van der Waals surface area contributed by atoms with Crippen molar-refractivity contribution in [2.45, 2.75) is 24.7 Å². The van der Waals surface area contributed by atoms with Gasteiger partial charge in [0.25, 0.3) is 5.69 Å². The topological polar surface area (TPSA) is 126 Å². The van der Waals surface area contributed by atoms with Gasteiger partial charge in [-0.1, -0.05) is 6.07 Å². The van der Waals surface area contributed by atoms with Crippen molar-refractivity contribution in [2.24, 2.45) is 5.10 Å². The molecule has 5 rings (SSSR count). The number of rotatable bonds is 8. The van der Waals surface area contributed by atoms with Gasteiger partial charge in [-0.05, 0) is 73.9 Å². The number of carbonyl (C=O) groups is 1. The van der Waals surface area contributed by atoms with Crippen LogP contribution in [0.2, 0.25) is 0 Å². The molecule has 4 aromatic rings. The number of halogens is 1. The van der Waals surface area contributed by atoms with Crippen LogP contribution in [0.15, 0.2) is 76.9 Å². The Labute approximate surface area is 223 Å². The highest BCUT2D eigenvalue weighted by molar-refractivity contribution is 7.89. The molecular weight excluding hydrogens is 525 g/mol. The average molecular weight is 550 g/mol. The van der Waals surface area contributed by atoms with Crippen molar-refractivity contribution < 1.29 is 22.5 Å². The van der Waals surface area contributed by atoms with Gasteiger partial charge in [0.15, 0.2) is 0 Å².